The van der Waals surface area contributed by atoms with Gasteiger partial charge in [-0.3, -0.25) is 20.4 Å². The molecule has 166 valence electrons. The first kappa shape index (κ1) is 20.3. The molecule has 0 aliphatic carbocycles. The molecule has 5 rings (SSSR count). The summed E-state index contributed by atoms with van der Waals surface area (Å²) in [5.41, 5.74) is 5.28. The molecule has 3 aliphatic rings. The third-order valence-corrected chi connectivity index (χ3v) is 6.88. The number of amidine groups is 1. The van der Waals surface area contributed by atoms with Gasteiger partial charge in [-0.15, -0.1) is 4.40 Å². The lowest BCUT2D eigenvalue weighted by atomic mass is 10.1. The number of sulfonamides is 1. The Balaban J connectivity index is 1.25. The highest BCUT2D eigenvalue weighted by Gasteiger charge is 2.39. The Bertz CT molecular complexity index is 1230. The Morgan fingerprint density at radius 2 is 1.72 bits per heavy atom. The second kappa shape index (κ2) is 7.83. The molecule has 10 nitrogen and oxygen atoms in total. The molecule has 2 atom stereocenters. The Labute approximate surface area is 184 Å². The van der Waals surface area contributed by atoms with Gasteiger partial charge in [-0.05, 0) is 37.1 Å². The standard InChI is InChI=1S/C21H20N4O6S/c26-20(22-23-21(27)17-12-30-15-8-2-3-9-16(15)31-17)14-7-5-11-25(14)19-13-6-1-4-10-18(13)32(28,29)24-19/h1-4,6,8-10,14,17H,5,7,11-12H2,(H,22,26)(H,23,27)/t14-,17?/m0/s1. The number of hydrogen-bond donors (Lipinski definition) is 2. The molecule has 1 fully saturated rings. The van der Waals surface area contributed by atoms with E-state index in [1.54, 1.807) is 47.4 Å². The molecule has 3 aliphatic heterocycles. The van der Waals surface area contributed by atoms with Gasteiger partial charge in [0.15, 0.2) is 17.3 Å². The van der Waals surface area contributed by atoms with Gasteiger partial charge in [-0.2, -0.15) is 8.42 Å². The summed E-state index contributed by atoms with van der Waals surface area (Å²) in [7, 11) is -3.79. The van der Waals surface area contributed by atoms with Crippen molar-refractivity contribution in [3.8, 4) is 11.5 Å². The summed E-state index contributed by atoms with van der Waals surface area (Å²) in [6, 6.07) is 12.9. The van der Waals surface area contributed by atoms with Crippen LogP contribution in [-0.4, -0.2) is 56.3 Å². The number of nitrogens with one attached hydrogen (secondary N) is 2. The number of para-hydroxylation sites is 2. The Morgan fingerprint density at radius 1 is 1.00 bits per heavy atom. The number of hydrazine groups is 1. The molecule has 0 aromatic heterocycles. The Kier molecular flexibility index (Phi) is 4.97. The zero-order valence-electron chi connectivity index (χ0n) is 16.9. The van der Waals surface area contributed by atoms with Crippen LogP contribution in [0.3, 0.4) is 0 Å². The fourth-order valence-corrected chi connectivity index (χ4v) is 5.24. The third kappa shape index (κ3) is 3.54. The highest BCUT2D eigenvalue weighted by molar-refractivity contribution is 7.90. The van der Waals surface area contributed by atoms with E-state index in [4.69, 9.17) is 9.47 Å². The van der Waals surface area contributed by atoms with E-state index < -0.39 is 34.0 Å². The van der Waals surface area contributed by atoms with Gasteiger partial charge in [0.05, 0.1) is 0 Å². The number of ether oxygens (including phenoxy) is 2. The SMILES string of the molecule is O=C(NNC(=O)[C@@H]1CCCN1C1=NS(=O)(=O)c2ccccc21)C1COc2ccccc2O1. The molecule has 0 spiro atoms. The molecule has 0 radical (unpaired) electrons. The number of nitrogens with zero attached hydrogens (tertiary/aromatic N) is 2. The highest BCUT2D eigenvalue weighted by Crippen LogP contribution is 2.32. The molecule has 2 N–H and O–H groups in total. The van der Waals surface area contributed by atoms with E-state index in [0.717, 1.165) is 0 Å². The van der Waals surface area contributed by atoms with Crippen molar-refractivity contribution in [3.63, 3.8) is 0 Å². The Morgan fingerprint density at radius 3 is 2.56 bits per heavy atom. The van der Waals surface area contributed by atoms with Gasteiger partial charge < -0.3 is 14.4 Å². The predicted octanol–water partition coefficient (Wildman–Crippen LogP) is 0.587. The number of rotatable bonds is 2. The number of amides is 2. The summed E-state index contributed by atoms with van der Waals surface area (Å²) in [4.78, 5) is 27.1. The average molecular weight is 456 g/mol. The molecule has 1 saturated heterocycles. The molecule has 11 heteroatoms. The summed E-state index contributed by atoms with van der Waals surface area (Å²) >= 11 is 0. The fraction of sp³-hybridized carbons (Fsp3) is 0.286. The zero-order chi connectivity index (χ0) is 22.3. The quantitative estimate of drug-likeness (QED) is 0.633. The summed E-state index contributed by atoms with van der Waals surface area (Å²) in [5, 5.41) is 0. The molecule has 2 aromatic carbocycles. The lowest BCUT2D eigenvalue weighted by Gasteiger charge is -2.27. The van der Waals surface area contributed by atoms with E-state index in [1.807, 2.05) is 0 Å². The number of fused-ring (bicyclic) bond motifs is 2. The summed E-state index contributed by atoms with van der Waals surface area (Å²) in [6.07, 6.45) is 0.268. The van der Waals surface area contributed by atoms with Crippen LogP contribution in [0.2, 0.25) is 0 Å². The van der Waals surface area contributed by atoms with Gasteiger partial charge in [0.1, 0.15) is 17.5 Å². The summed E-state index contributed by atoms with van der Waals surface area (Å²) in [5.74, 6) is 0.243. The first-order valence-electron chi connectivity index (χ1n) is 10.1. The maximum Gasteiger partial charge on any atom is 0.285 e. The maximum atomic E-state index is 12.8. The smallest absolute Gasteiger partial charge is 0.285 e. The first-order valence-corrected chi connectivity index (χ1v) is 11.6. The van der Waals surface area contributed by atoms with Crippen LogP contribution in [0.15, 0.2) is 57.8 Å². The molecule has 2 amide bonds. The number of carbonyl (C=O) groups excluding carboxylic acids is 2. The van der Waals surface area contributed by atoms with Gasteiger partial charge in [0.25, 0.3) is 21.8 Å². The van der Waals surface area contributed by atoms with Gasteiger partial charge >= 0.3 is 0 Å². The van der Waals surface area contributed by atoms with E-state index in [-0.39, 0.29) is 17.3 Å². The topological polar surface area (TPSA) is 126 Å². The van der Waals surface area contributed by atoms with Crippen LogP contribution in [-0.2, 0) is 19.6 Å². The van der Waals surface area contributed by atoms with Gasteiger partial charge in [0.2, 0.25) is 6.10 Å². The highest BCUT2D eigenvalue weighted by atomic mass is 32.2. The van der Waals surface area contributed by atoms with E-state index in [1.165, 1.54) is 6.07 Å². The van der Waals surface area contributed by atoms with Gasteiger partial charge in [-0.1, -0.05) is 24.3 Å². The van der Waals surface area contributed by atoms with Gasteiger partial charge in [-0.25, -0.2) is 0 Å². The number of likely N-dealkylation sites (tertiary alicyclic amines) is 1. The second-order valence-corrected chi connectivity index (χ2v) is 9.15. The lowest BCUT2D eigenvalue weighted by Crippen LogP contribution is -2.55. The Hall–Kier alpha value is -3.60. The number of carbonyl (C=O) groups is 2. The van der Waals surface area contributed by atoms with Crippen LogP contribution in [0, 0.1) is 0 Å². The minimum Gasteiger partial charge on any atom is -0.485 e. The molecule has 0 saturated carbocycles. The number of benzene rings is 2. The normalized spacial score (nSPS) is 22.6. The van der Waals surface area contributed by atoms with Crippen LogP contribution in [0.5, 0.6) is 11.5 Å². The van der Waals surface area contributed by atoms with Crippen LogP contribution in [0.25, 0.3) is 0 Å². The molecule has 32 heavy (non-hydrogen) atoms. The average Bonchev–Trinajstić information content (AvgIpc) is 3.40. The molecular weight excluding hydrogens is 436 g/mol. The minimum atomic E-state index is -3.79. The van der Waals surface area contributed by atoms with Crippen molar-refractivity contribution in [1.29, 1.82) is 0 Å². The fourth-order valence-electron chi connectivity index (χ4n) is 4.02. The van der Waals surface area contributed by atoms with Crippen molar-refractivity contribution >= 4 is 27.7 Å². The van der Waals surface area contributed by atoms with E-state index in [2.05, 4.69) is 15.2 Å². The van der Waals surface area contributed by atoms with Crippen molar-refractivity contribution < 1.29 is 27.5 Å². The van der Waals surface area contributed by atoms with Crippen molar-refractivity contribution in [2.75, 3.05) is 13.2 Å². The van der Waals surface area contributed by atoms with Gasteiger partial charge in [0, 0.05) is 12.1 Å². The van der Waals surface area contributed by atoms with Crippen LogP contribution >= 0.6 is 0 Å². The molecule has 1 unspecified atom stereocenters. The van der Waals surface area contributed by atoms with E-state index >= 15 is 0 Å². The molecule has 3 heterocycles. The van der Waals surface area contributed by atoms with Crippen molar-refractivity contribution in [1.82, 2.24) is 15.8 Å². The number of hydrogen-bond acceptors (Lipinski definition) is 7. The van der Waals surface area contributed by atoms with E-state index in [9.17, 15) is 18.0 Å². The lowest BCUT2D eigenvalue weighted by molar-refractivity contribution is -0.136. The second-order valence-electron chi connectivity index (χ2n) is 7.58. The van der Waals surface area contributed by atoms with Crippen molar-refractivity contribution in [2.45, 2.75) is 29.9 Å². The maximum absolute atomic E-state index is 12.8. The minimum absolute atomic E-state index is 0.0136. The van der Waals surface area contributed by atoms with Crippen molar-refractivity contribution in [3.05, 3.63) is 54.1 Å². The van der Waals surface area contributed by atoms with Crippen LogP contribution in [0.4, 0.5) is 0 Å². The third-order valence-electron chi connectivity index (χ3n) is 5.55. The summed E-state index contributed by atoms with van der Waals surface area (Å²) in [6.45, 7) is 0.491. The monoisotopic (exact) mass is 456 g/mol. The van der Waals surface area contributed by atoms with E-state index in [0.29, 0.717) is 36.4 Å². The first-order chi connectivity index (χ1) is 15.4. The van der Waals surface area contributed by atoms with Crippen LogP contribution in [0.1, 0.15) is 18.4 Å². The summed E-state index contributed by atoms with van der Waals surface area (Å²) < 4.78 is 39.8. The van der Waals surface area contributed by atoms with Crippen molar-refractivity contribution in [2.24, 2.45) is 4.40 Å². The predicted molar refractivity (Wildman–Crippen MR) is 113 cm³/mol. The molecule has 2 aromatic rings. The van der Waals surface area contributed by atoms with Crippen LogP contribution < -0.4 is 20.3 Å². The zero-order valence-corrected chi connectivity index (χ0v) is 17.7. The molecule has 0 bridgehead atoms. The molecular formula is C21H20N4O6S. The largest absolute Gasteiger partial charge is 0.485 e.